The molecule has 0 aromatic heterocycles. The molecule has 1 unspecified atom stereocenters. The second-order valence-corrected chi connectivity index (χ2v) is 7.51. The topological polar surface area (TPSA) is 57.6 Å². The fourth-order valence-electron chi connectivity index (χ4n) is 2.85. The number of aliphatic hydroxyl groups is 1. The van der Waals surface area contributed by atoms with E-state index in [9.17, 15) is 13.5 Å². The Balaban J connectivity index is 1.97. The van der Waals surface area contributed by atoms with Gasteiger partial charge in [0.1, 0.15) is 0 Å². The van der Waals surface area contributed by atoms with Crippen LogP contribution in [0.3, 0.4) is 0 Å². The summed E-state index contributed by atoms with van der Waals surface area (Å²) in [6, 6.07) is 14.7. The molecule has 1 aliphatic rings. The molecule has 0 saturated heterocycles. The summed E-state index contributed by atoms with van der Waals surface area (Å²) in [4.78, 5) is 0. The van der Waals surface area contributed by atoms with Crippen LogP contribution in [0.5, 0.6) is 0 Å². The molecule has 116 valence electrons. The van der Waals surface area contributed by atoms with Crippen LogP contribution < -0.4 is 4.31 Å². The fraction of sp³-hybridized carbons (Fsp3) is 0.294. The zero-order valence-electron chi connectivity index (χ0n) is 12.4. The number of para-hydroxylation sites is 1. The molecule has 3 rings (SSSR count). The first-order chi connectivity index (χ1) is 10.5. The Hall–Kier alpha value is -1.85. The Morgan fingerprint density at radius 3 is 2.59 bits per heavy atom. The Morgan fingerprint density at radius 2 is 1.82 bits per heavy atom. The smallest absolute Gasteiger partial charge is 0.239 e. The number of rotatable bonds is 3. The molecular formula is C17H19NO3S. The fourth-order valence-corrected chi connectivity index (χ4v) is 4.57. The number of fused-ring (bicyclic) bond motifs is 1. The van der Waals surface area contributed by atoms with Gasteiger partial charge in [-0.05, 0) is 30.5 Å². The molecule has 1 heterocycles. The molecule has 0 aliphatic carbocycles. The minimum absolute atomic E-state index is 0.0237. The van der Waals surface area contributed by atoms with Crippen LogP contribution in [-0.2, 0) is 15.8 Å². The van der Waals surface area contributed by atoms with Crippen molar-refractivity contribution >= 4 is 15.7 Å². The largest absolute Gasteiger partial charge is 0.388 e. The van der Waals surface area contributed by atoms with Gasteiger partial charge in [-0.15, -0.1) is 0 Å². The van der Waals surface area contributed by atoms with Gasteiger partial charge < -0.3 is 5.11 Å². The molecule has 1 N–H and O–H groups in total. The van der Waals surface area contributed by atoms with E-state index in [1.807, 2.05) is 37.3 Å². The summed E-state index contributed by atoms with van der Waals surface area (Å²) in [7, 11) is -3.47. The van der Waals surface area contributed by atoms with E-state index in [1.165, 1.54) is 4.31 Å². The summed E-state index contributed by atoms with van der Waals surface area (Å²) in [5.74, 6) is -0.0237. The lowest BCUT2D eigenvalue weighted by Gasteiger charge is -2.33. The number of anilines is 1. The van der Waals surface area contributed by atoms with Crippen molar-refractivity contribution in [1.29, 1.82) is 0 Å². The van der Waals surface area contributed by atoms with Gasteiger partial charge in [0.15, 0.2) is 0 Å². The predicted molar refractivity (Wildman–Crippen MR) is 87.2 cm³/mol. The third-order valence-corrected chi connectivity index (χ3v) is 5.83. The third-order valence-electron chi connectivity index (χ3n) is 4.11. The predicted octanol–water partition coefficient (Wildman–Crippen LogP) is 2.77. The van der Waals surface area contributed by atoms with Crippen LogP contribution in [0, 0.1) is 6.92 Å². The van der Waals surface area contributed by atoms with E-state index < -0.39 is 16.1 Å². The first-order valence-corrected chi connectivity index (χ1v) is 8.92. The van der Waals surface area contributed by atoms with Gasteiger partial charge in [0.25, 0.3) is 0 Å². The van der Waals surface area contributed by atoms with Gasteiger partial charge in [-0.1, -0.05) is 42.5 Å². The number of nitrogens with zero attached hydrogens (tertiary/aromatic N) is 1. The molecule has 5 heteroatoms. The molecule has 1 atom stereocenters. The number of hydrogen-bond acceptors (Lipinski definition) is 3. The van der Waals surface area contributed by atoms with Crippen molar-refractivity contribution in [3.05, 3.63) is 65.2 Å². The Morgan fingerprint density at radius 1 is 1.14 bits per heavy atom. The van der Waals surface area contributed by atoms with E-state index in [0.29, 0.717) is 24.2 Å². The highest BCUT2D eigenvalue weighted by Gasteiger charge is 2.31. The Bertz CT molecular complexity index is 786. The van der Waals surface area contributed by atoms with E-state index in [1.54, 1.807) is 18.2 Å². The zero-order valence-corrected chi connectivity index (χ0v) is 13.3. The van der Waals surface area contributed by atoms with Gasteiger partial charge in [-0.3, -0.25) is 4.31 Å². The lowest BCUT2D eigenvalue weighted by atomic mass is 10.0. The molecule has 0 radical (unpaired) electrons. The number of aliphatic hydroxyl groups excluding tert-OH is 1. The number of benzene rings is 2. The molecule has 2 aromatic carbocycles. The Labute approximate surface area is 131 Å². The van der Waals surface area contributed by atoms with Gasteiger partial charge in [-0.2, -0.15) is 0 Å². The van der Waals surface area contributed by atoms with E-state index >= 15 is 0 Å². The van der Waals surface area contributed by atoms with Crippen LogP contribution in [0.2, 0.25) is 0 Å². The second-order valence-electron chi connectivity index (χ2n) is 5.62. The summed E-state index contributed by atoms with van der Waals surface area (Å²) in [6.45, 7) is 2.23. The van der Waals surface area contributed by atoms with Crippen LogP contribution in [0.25, 0.3) is 0 Å². The van der Waals surface area contributed by atoms with Gasteiger partial charge in [0.2, 0.25) is 10.0 Å². The maximum absolute atomic E-state index is 12.8. The monoisotopic (exact) mass is 317 g/mol. The minimum Gasteiger partial charge on any atom is -0.388 e. The maximum Gasteiger partial charge on any atom is 0.239 e. The SMILES string of the molecule is Cc1ccccc1CS(=O)(=O)N1CCC(O)c2ccccc21. The highest BCUT2D eigenvalue weighted by atomic mass is 32.2. The molecule has 0 spiro atoms. The van der Waals surface area contributed by atoms with Gasteiger partial charge in [-0.25, -0.2) is 8.42 Å². The van der Waals surface area contributed by atoms with Crippen molar-refractivity contribution in [1.82, 2.24) is 0 Å². The first kappa shape index (κ1) is 15.1. The van der Waals surface area contributed by atoms with E-state index in [0.717, 1.165) is 11.1 Å². The highest BCUT2D eigenvalue weighted by Crippen LogP contribution is 2.35. The normalized spacial score (nSPS) is 18.1. The van der Waals surface area contributed by atoms with Gasteiger partial charge >= 0.3 is 0 Å². The van der Waals surface area contributed by atoms with Crippen LogP contribution in [-0.4, -0.2) is 20.1 Å². The quantitative estimate of drug-likeness (QED) is 0.947. The van der Waals surface area contributed by atoms with Crippen molar-refractivity contribution in [3.63, 3.8) is 0 Å². The summed E-state index contributed by atoms with van der Waals surface area (Å²) in [5, 5.41) is 10.1. The number of hydrogen-bond donors (Lipinski definition) is 1. The summed E-state index contributed by atoms with van der Waals surface area (Å²) in [6.07, 6.45) is -0.176. The molecule has 0 amide bonds. The lowest BCUT2D eigenvalue weighted by molar-refractivity contribution is 0.166. The molecule has 1 aliphatic heterocycles. The number of sulfonamides is 1. The standard InChI is InChI=1S/C17H19NO3S/c1-13-6-2-3-7-14(13)12-22(20,21)18-11-10-17(19)15-8-4-5-9-16(15)18/h2-9,17,19H,10-12H2,1H3. The van der Waals surface area contributed by atoms with Crippen LogP contribution in [0.1, 0.15) is 29.2 Å². The van der Waals surface area contributed by atoms with Crippen LogP contribution in [0.15, 0.2) is 48.5 Å². The Kier molecular flexibility index (Phi) is 3.93. The van der Waals surface area contributed by atoms with Crippen molar-refractivity contribution in [3.8, 4) is 0 Å². The molecule has 4 nitrogen and oxygen atoms in total. The van der Waals surface area contributed by atoms with Crippen molar-refractivity contribution in [2.45, 2.75) is 25.2 Å². The highest BCUT2D eigenvalue weighted by molar-refractivity contribution is 7.92. The van der Waals surface area contributed by atoms with Crippen LogP contribution >= 0.6 is 0 Å². The maximum atomic E-state index is 12.8. The number of aryl methyl sites for hydroxylation is 1. The summed E-state index contributed by atoms with van der Waals surface area (Å²) in [5.41, 5.74) is 3.06. The lowest BCUT2D eigenvalue weighted by Crippen LogP contribution is -2.37. The molecule has 2 aromatic rings. The van der Waals surface area contributed by atoms with E-state index in [-0.39, 0.29) is 5.75 Å². The minimum atomic E-state index is -3.47. The third kappa shape index (κ3) is 2.74. The average molecular weight is 317 g/mol. The van der Waals surface area contributed by atoms with Crippen molar-refractivity contribution in [2.24, 2.45) is 0 Å². The molecular weight excluding hydrogens is 298 g/mol. The molecule has 0 fully saturated rings. The average Bonchev–Trinajstić information content (AvgIpc) is 2.50. The van der Waals surface area contributed by atoms with E-state index in [2.05, 4.69) is 0 Å². The van der Waals surface area contributed by atoms with Crippen LogP contribution in [0.4, 0.5) is 5.69 Å². The molecule has 22 heavy (non-hydrogen) atoms. The molecule has 0 bridgehead atoms. The van der Waals surface area contributed by atoms with Gasteiger partial charge in [0, 0.05) is 12.1 Å². The molecule has 0 saturated carbocycles. The van der Waals surface area contributed by atoms with Gasteiger partial charge in [0.05, 0.1) is 17.5 Å². The first-order valence-electron chi connectivity index (χ1n) is 7.31. The van der Waals surface area contributed by atoms with Crippen molar-refractivity contribution < 1.29 is 13.5 Å². The summed E-state index contributed by atoms with van der Waals surface area (Å²) >= 11 is 0. The zero-order chi connectivity index (χ0) is 15.7. The second kappa shape index (κ2) is 5.74. The van der Waals surface area contributed by atoms with E-state index in [4.69, 9.17) is 0 Å². The summed E-state index contributed by atoms with van der Waals surface area (Å²) < 4.78 is 27.1. The van der Waals surface area contributed by atoms with Crippen molar-refractivity contribution in [2.75, 3.05) is 10.8 Å².